The number of amides is 2. The van der Waals surface area contributed by atoms with Crippen molar-refractivity contribution in [2.24, 2.45) is 5.92 Å². The minimum absolute atomic E-state index is 0.196. The molecule has 0 bridgehead atoms. The molecule has 1 unspecified atom stereocenters. The Hall–Kier alpha value is -3.96. The van der Waals surface area contributed by atoms with Crippen LogP contribution in [0.1, 0.15) is 46.9 Å². The van der Waals surface area contributed by atoms with Crippen LogP contribution in [0.2, 0.25) is 0 Å². The van der Waals surface area contributed by atoms with Gasteiger partial charge < -0.3 is 19.9 Å². The van der Waals surface area contributed by atoms with Gasteiger partial charge in [-0.1, -0.05) is 65.3 Å². The molecule has 39 heavy (non-hydrogen) atoms. The third kappa shape index (κ3) is 11.1. The van der Waals surface area contributed by atoms with Gasteiger partial charge in [-0.3, -0.25) is 4.79 Å². The average Bonchev–Trinajstić information content (AvgIpc) is 3.41. The standard InChI is InChI=1S/C22H23F3N6O3.C3H8.C2H6/c1-14(22(23,24)25)12-31(19(32)11-29-21(33)34-2)13-18-28-10-17(30-18)15-4-6-16(7-5-15)20-26-8-3-9-27-20;1-3-2;1-2/h3-10,14H,11-13H2,1-2H3,(H,28,30)(H,29,33);3H2,1-2H3;1-2H3. The lowest BCUT2D eigenvalue weighted by Crippen LogP contribution is -2.44. The van der Waals surface area contributed by atoms with Crippen LogP contribution in [0.4, 0.5) is 18.0 Å². The highest BCUT2D eigenvalue weighted by Gasteiger charge is 2.38. The number of alkyl carbamates (subject to hydrolysis) is 1. The Bertz CT molecular complexity index is 1120. The summed E-state index contributed by atoms with van der Waals surface area (Å²) < 4.78 is 43.7. The molecule has 0 saturated carbocycles. The SMILES string of the molecule is CC.CCC.COC(=O)NCC(=O)N(Cc1ncc(-c2ccc(-c3ncccn3)cc2)[nH]1)CC(C)C(F)(F)F. The van der Waals surface area contributed by atoms with E-state index in [1.54, 1.807) is 18.5 Å². The average molecular weight is 551 g/mol. The largest absolute Gasteiger partial charge is 0.453 e. The molecule has 0 aliphatic rings. The second-order valence-corrected chi connectivity index (χ2v) is 8.16. The van der Waals surface area contributed by atoms with Crippen LogP contribution in [0.5, 0.6) is 0 Å². The molecule has 214 valence electrons. The van der Waals surface area contributed by atoms with E-state index >= 15 is 0 Å². The van der Waals surface area contributed by atoms with Gasteiger partial charge >= 0.3 is 12.3 Å². The number of ether oxygens (including phenoxy) is 1. The van der Waals surface area contributed by atoms with Gasteiger partial charge in [0.1, 0.15) is 12.4 Å². The highest BCUT2D eigenvalue weighted by molar-refractivity contribution is 5.82. The monoisotopic (exact) mass is 550 g/mol. The summed E-state index contributed by atoms with van der Waals surface area (Å²) in [6.07, 6.45) is 0.732. The van der Waals surface area contributed by atoms with Crippen LogP contribution in [0.15, 0.2) is 48.9 Å². The van der Waals surface area contributed by atoms with Crippen molar-refractivity contribution in [1.29, 1.82) is 0 Å². The van der Waals surface area contributed by atoms with E-state index in [0.717, 1.165) is 30.1 Å². The molecule has 0 saturated heterocycles. The summed E-state index contributed by atoms with van der Waals surface area (Å²) in [6, 6.07) is 9.06. The summed E-state index contributed by atoms with van der Waals surface area (Å²) in [5.41, 5.74) is 2.23. The lowest BCUT2D eigenvalue weighted by atomic mass is 10.1. The predicted molar refractivity (Wildman–Crippen MR) is 143 cm³/mol. The molecule has 12 heteroatoms. The van der Waals surface area contributed by atoms with Gasteiger partial charge in [0.25, 0.3) is 0 Å². The van der Waals surface area contributed by atoms with Crippen molar-refractivity contribution in [3.63, 3.8) is 0 Å². The predicted octanol–water partition coefficient (Wildman–Crippen LogP) is 5.86. The zero-order valence-electron chi connectivity index (χ0n) is 23.2. The van der Waals surface area contributed by atoms with Crippen LogP contribution in [0.25, 0.3) is 22.6 Å². The normalized spacial score (nSPS) is 11.2. The van der Waals surface area contributed by atoms with Gasteiger partial charge in [0.05, 0.1) is 31.5 Å². The molecule has 3 rings (SSSR count). The fraction of sp³-hybridized carbons (Fsp3) is 0.444. The molecule has 2 heterocycles. The van der Waals surface area contributed by atoms with E-state index in [2.05, 4.69) is 43.8 Å². The molecule has 2 amide bonds. The van der Waals surface area contributed by atoms with Crippen molar-refractivity contribution in [3.8, 4) is 22.6 Å². The lowest BCUT2D eigenvalue weighted by molar-refractivity contribution is -0.176. The first-order valence-corrected chi connectivity index (χ1v) is 12.7. The van der Waals surface area contributed by atoms with Crippen molar-refractivity contribution in [2.45, 2.75) is 53.8 Å². The van der Waals surface area contributed by atoms with Crippen LogP contribution < -0.4 is 5.32 Å². The minimum Gasteiger partial charge on any atom is -0.453 e. The Morgan fingerprint density at radius 3 is 2.15 bits per heavy atom. The Kier molecular flexibility index (Phi) is 14.2. The maximum absolute atomic E-state index is 13.1. The number of carbonyl (C=O) groups is 2. The number of hydrogen-bond acceptors (Lipinski definition) is 6. The Morgan fingerprint density at radius 2 is 1.62 bits per heavy atom. The number of aromatic nitrogens is 4. The number of nitrogens with zero attached hydrogens (tertiary/aromatic N) is 4. The molecule has 1 atom stereocenters. The van der Waals surface area contributed by atoms with Gasteiger partial charge in [0.15, 0.2) is 5.82 Å². The molecule has 0 spiro atoms. The van der Waals surface area contributed by atoms with Gasteiger partial charge in [-0.2, -0.15) is 13.2 Å². The number of rotatable bonds is 8. The Balaban J connectivity index is 0.00000142. The summed E-state index contributed by atoms with van der Waals surface area (Å²) in [4.78, 5) is 40.4. The maximum Gasteiger partial charge on any atom is 0.407 e. The fourth-order valence-corrected chi connectivity index (χ4v) is 3.04. The number of H-pyrrole nitrogens is 1. The number of halogens is 3. The first kappa shape index (κ1) is 33.1. The summed E-state index contributed by atoms with van der Waals surface area (Å²) in [7, 11) is 1.12. The number of imidazole rings is 1. The van der Waals surface area contributed by atoms with E-state index in [-0.39, 0.29) is 6.54 Å². The van der Waals surface area contributed by atoms with E-state index in [1.807, 2.05) is 38.1 Å². The van der Waals surface area contributed by atoms with E-state index in [9.17, 15) is 22.8 Å². The number of carbonyl (C=O) groups excluding carboxylic acids is 2. The molecular formula is C27H37F3N6O3. The minimum atomic E-state index is -4.48. The molecule has 2 N–H and O–H groups in total. The van der Waals surface area contributed by atoms with Crippen LogP contribution in [-0.2, 0) is 16.1 Å². The summed E-state index contributed by atoms with van der Waals surface area (Å²) in [5.74, 6) is -1.59. The second kappa shape index (κ2) is 16.8. The van der Waals surface area contributed by atoms with Gasteiger partial charge in [0, 0.05) is 24.5 Å². The van der Waals surface area contributed by atoms with Crippen molar-refractivity contribution < 1.29 is 27.5 Å². The number of benzene rings is 1. The zero-order valence-corrected chi connectivity index (χ0v) is 23.2. The van der Waals surface area contributed by atoms with Gasteiger partial charge in [0.2, 0.25) is 5.91 Å². The lowest BCUT2D eigenvalue weighted by Gasteiger charge is -2.26. The van der Waals surface area contributed by atoms with Crippen LogP contribution in [-0.4, -0.2) is 63.2 Å². The van der Waals surface area contributed by atoms with Gasteiger partial charge in [-0.05, 0) is 11.6 Å². The molecule has 2 aromatic heterocycles. The fourth-order valence-electron chi connectivity index (χ4n) is 3.04. The van der Waals surface area contributed by atoms with Crippen molar-refractivity contribution in [2.75, 3.05) is 20.2 Å². The summed E-state index contributed by atoms with van der Waals surface area (Å²) in [5, 5.41) is 2.19. The van der Waals surface area contributed by atoms with E-state index < -0.39 is 37.2 Å². The topological polar surface area (TPSA) is 113 Å². The third-order valence-corrected chi connectivity index (χ3v) is 4.96. The first-order chi connectivity index (χ1) is 18.6. The van der Waals surface area contributed by atoms with E-state index in [1.165, 1.54) is 12.6 Å². The number of alkyl halides is 3. The van der Waals surface area contributed by atoms with Crippen molar-refractivity contribution in [3.05, 3.63) is 54.7 Å². The van der Waals surface area contributed by atoms with Crippen LogP contribution in [0.3, 0.4) is 0 Å². The second-order valence-electron chi connectivity index (χ2n) is 8.16. The number of aromatic amines is 1. The number of nitrogens with one attached hydrogen (secondary N) is 2. The smallest absolute Gasteiger partial charge is 0.407 e. The quantitative estimate of drug-likeness (QED) is 0.363. The van der Waals surface area contributed by atoms with Gasteiger partial charge in [-0.15, -0.1) is 0 Å². The third-order valence-electron chi connectivity index (χ3n) is 4.96. The molecule has 0 aliphatic carbocycles. The highest BCUT2D eigenvalue weighted by Crippen LogP contribution is 2.27. The van der Waals surface area contributed by atoms with Crippen LogP contribution >= 0.6 is 0 Å². The summed E-state index contributed by atoms with van der Waals surface area (Å²) >= 11 is 0. The Labute approximate surface area is 227 Å². The first-order valence-electron chi connectivity index (χ1n) is 12.7. The van der Waals surface area contributed by atoms with Crippen molar-refractivity contribution in [1.82, 2.24) is 30.2 Å². The van der Waals surface area contributed by atoms with Crippen molar-refractivity contribution >= 4 is 12.0 Å². The highest BCUT2D eigenvalue weighted by atomic mass is 19.4. The maximum atomic E-state index is 13.1. The molecule has 1 aromatic carbocycles. The summed E-state index contributed by atoms with van der Waals surface area (Å²) in [6.45, 7) is 7.94. The number of hydrogen-bond donors (Lipinski definition) is 2. The molecule has 3 aromatic rings. The molecule has 0 radical (unpaired) electrons. The number of methoxy groups -OCH3 is 1. The molecule has 9 nitrogen and oxygen atoms in total. The van der Waals surface area contributed by atoms with Crippen LogP contribution in [0, 0.1) is 5.92 Å². The van der Waals surface area contributed by atoms with E-state index in [4.69, 9.17) is 0 Å². The Morgan fingerprint density at radius 1 is 1.05 bits per heavy atom. The molecule has 0 fully saturated rings. The molecule has 0 aliphatic heterocycles. The van der Waals surface area contributed by atoms with E-state index in [0.29, 0.717) is 17.3 Å². The zero-order chi connectivity index (χ0) is 29.4. The molecular weight excluding hydrogens is 513 g/mol. The van der Waals surface area contributed by atoms with Gasteiger partial charge in [-0.25, -0.2) is 19.7 Å².